The van der Waals surface area contributed by atoms with E-state index in [1.165, 1.54) is 0 Å². The average molecular weight is 242 g/mol. The van der Waals surface area contributed by atoms with Crippen LogP contribution in [0.15, 0.2) is 0 Å². The van der Waals surface area contributed by atoms with Crippen molar-refractivity contribution in [3.8, 4) is 0 Å². The fourth-order valence-electron chi connectivity index (χ4n) is 2.69. The Hall–Kier alpha value is -0.650. The molecule has 0 spiro atoms. The average Bonchev–Trinajstić information content (AvgIpc) is 2.85. The normalized spacial score (nSPS) is 41.8. The van der Waals surface area contributed by atoms with Crippen molar-refractivity contribution in [3.63, 3.8) is 0 Å². The molecule has 2 fully saturated rings. The fourth-order valence-corrected chi connectivity index (χ4v) is 2.69. The minimum Gasteiger partial charge on any atom is -0.379 e. The van der Waals surface area contributed by atoms with Crippen molar-refractivity contribution in [2.45, 2.75) is 38.5 Å². The molecule has 2 aliphatic rings. The molecule has 5 heteroatoms. The molecule has 4 atom stereocenters. The van der Waals surface area contributed by atoms with Gasteiger partial charge in [-0.15, -0.1) is 0 Å². The number of ether oxygens (including phenoxy) is 2. The number of carbonyl (C=O) groups excluding carboxylic acids is 1. The molecule has 2 saturated heterocycles. The van der Waals surface area contributed by atoms with Crippen molar-refractivity contribution in [2.24, 2.45) is 11.1 Å². The van der Waals surface area contributed by atoms with Crippen molar-refractivity contribution in [3.05, 3.63) is 0 Å². The molecular formula is C12H22N2O3. The third-order valence-electron chi connectivity index (χ3n) is 4.16. The van der Waals surface area contributed by atoms with Crippen molar-refractivity contribution in [1.82, 2.24) is 4.90 Å². The smallest absolute Gasteiger partial charge is 0.232 e. The van der Waals surface area contributed by atoms with Crippen LogP contribution >= 0.6 is 0 Å². The van der Waals surface area contributed by atoms with Gasteiger partial charge in [0.15, 0.2) is 0 Å². The molecule has 2 N–H and O–H groups in total. The van der Waals surface area contributed by atoms with Gasteiger partial charge in [0.05, 0.1) is 30.8 Å². The second-order valence-corrected chi connectivity index (χ2v) is 5.39. The highest BCUT2D eigenvalue weighted by atomic mass is 16.5. The Balaban J connectivity index is 2.09. The van der Waals surface area contributed by atoms with Gasteiger partial charge in [-0.1, -0.05) is 0 Å². The molecular weight excluding hydrogens is 220 g/mol. The summed E-state index contributed by atoms with van der Waals surface area (Å²) in [4.78, 5) is 14.3. The van der Waals surface area contributed by atoms with Crippen LogP contribution in [0.5, 0.6) is 0 Å². The van der Waals surface area contributed by atoms with Crippen LogP contribution in [-0.4, -0.2) is 55.9 Å². The maximum atomic E-state index is 12.5. The van der Waals surface area contributed by atoms with Crippen LogP contribution in [0.1, 0.15) is 20.3 Å². The lowest BCUT2D eigenvalue weighted by Crippen LogP contribution is -2.54. The van der Waals surface area contributed by atoms with Gasteiger partial charge in [0.2, 0.25) is 5.91 Å². The lowest BCUT2D eigenvalue weighted by molar-refractivity contribution is -0.143. The predicted molar refractivity (Wildman–Crippen MR) is 63.5 cm³/mol. The van der Waals surface area contributed by atoms with E-state index in [1.54, 1.807) is 4.90 Å². The van der Waals surface area contributed by atoms with E-state index < -0.39 is 5.41 Å². The highest BCUT2D eigenvalue weighted by Crippen LogP contribution is 2.31. The standard InChI is InChI=1S/C12H22N2O3/c1-8-9(4-5-17-8)14(3)11(15)12(2)7-16-6-10(12)13/h8-10H,4-7,13H2,1-3H3. The number of hydrogen-bond acceptors (Lipinski definition) is 4. The van der Waals surface area contributed by atoms with Crippen LogP contribution in [0.4, 0.5) is 0 Å². The zero-order valence-corrected chi connectivity index (χ0v) is 10.8. The quantitative estimate of drug-likeness (QED) is 0.739. The summed E-state index contributed by atoms with van der Waals surface area (Å²) in [7, 11) is 1.84. The van der Waals surface area contributed by atoms with E-state index in [-0.39, 0.29) is 24.1 Å². The zero-order chi connectivity index (χ0) is 12.6. The summed E-state index contributed by atoms with van der Waals surface area (Å²) >= 11 is 0. The number of likely N-dealkylation sites (N-methyl/N-ethyl adjacent to an activating group) is 1. The summed E-state index contributed by atoms with van der Waals surface area (Å²) in [5.74, 6) is 0.0739. The lowest BCUT2D eigenvalue weighted by Gasteiger charge is -2.35. The molecule has 98 valence electrons. The molecule has 1 amide bonds. The van der Waals surface area contributed by atoms with Gasteiger partial charge in [0.25, 0.3) is 0 Å². The summed E-state index contributed by atoms with van der Waals surface area (Å²) in [5, 5.41) is 0. The highest BCUT2D eigenvalue weighted by molar-refractivity contribution is 5.83. The monoisotopic (exact) mass is 242 g/mol. The Morgan fingerprint density at radius 3 is 2.71 bits per heavy atom. The van der Waals surface area contributed by atoms with Gasteiger partial charge in [-0.25, -0.2) is 0 Å². The van der Waals surface area contributed by atoms with Gasteiger partial charge in [-0.3, -0.25) is 4.79 Å². The SMILES string of the molecule is CC1OCCC1N(C)C(=O)C1(C)COCC1N. The van der Waals surface area contributed by atoms with Gasteiger partial charge in [-0.2, -0.15) is 0 Å². The molecule has 0 saturated carbocycles. The molecule has 5 nitrogen and oxygen atoms in total. The maximum Gasteiger partial charge on any atom is 0.232 e. The molecule has 0 radical (unpaired) electrons. The first-order valence-electron chi connectivity index (χ1n) is 6.19. The molecule has 2 rings (SSSR count). The number of carbonyl (C=O) groups is 1. The first-order valence-corrected chi connectivity index (χ1v) is 6.19. The summed E-state index contributed by atoms with van der Waals surface area (Å²) in [5.41, 5.74) is 5.40. The largest absolute Gasteiger partial charge is 0.379 e. The highest BCUT2D eigenvalue weighted by Gasteiger charge is 2.47. The second kappa shape index (κ2) is 4.55. The molecule has 0 aromatic rings. The molecule has 2 aliphatic heterocycles. The third kappa shape index (κ3) is 2.07. The van der Waals surface area contributed by atoms with Crippen LogP contribution in [-0.2, 0) is 14.3 Å². The molecule has 4 unspecified atom stereocenters. The van der Waals surface area contributed by atoms with Gasteiger partial charge in [0, 0.05) is 19.7 Å². The number of nitrogens with two attached hydrogens (primary N) is 1. The second-order valence-electron chi connectivity index (χ2n) is 5.39. The molecule has 0 aliphatic carbocycles. The van der Waals surface area contributed by atoms with Crippen molar-refractivity contribution < 1.29 is 14.3 Å². The van der Waals surface area contributed by atoms with Crippen LogP contribution in [0.3, 0.4) is 0 Å². The van der Waals surface area contributed by atoms with Crippen LogP contribution < -0.4 is 5.73 Å². The Labute approximate surface area is 102 Å². The Morgan fingerprint density at radius 1 is 1.53 bits per heavy atom. The topological polar surface area (TPSA) is 64.8 Å². The van der Waals surface area contributed by atoms with Crippen LogP contribution in [0, 0.1) is 5.41 Å². The fraction of sp³-hybridized carbons (Fsp3) is 0.917. The summed E-state index contributed by atoms with van der Waals surface area (Å²) < 4.78 is 10.8. The predicted octanol–water partition coefficient (Wildman–Crippen LogP) is -0.0140. The van der Waals surface area contributed by atoms with E-state index in [9.17, 15) is 4.79 Å². The molecule has 0 bridgehead atoms. The van der Waals surface area contributed by atoms with E-state index in [0.717, 1.165) is 13.0 Å². The maximum absolute atomic E-state index is 12.5. The minimum absolute atomic E-state index is 0.0739. The Kier molecular flexibility index (Phi) is 3.43. The molecule has 0 aromatic heterocycles. The number of nitrogens with zero attached hydrogens (tertiary/aromatic N) is 1. The Morgan fingerprint density at radius 2 is 2.24 bits per heavy atom. The van der Waals surface area contributed by atoms with E-state index >= 15 is 0 Å². The minimum atomic E-state index is -0.586. The first-order chi connectivity index (χ1) is 7.97. The van der Waals surface area contributed by atoms with Gasteiger partial charge < -0.3 is 20.1 Å². The number of amides is 1. The van der Waals surface area contributed by atoms with Gasteiger partial charge in [-0.05, 0) is 20.3 Å². The number of rotatable bonds is 2. The molecule has 17 heavy (non-hydrogen) atoms. The van der Waals surface area contributed by atoms with Crippen LogP contribution in [0.25, 0.3) is 0 Å². The van der Waals surface area contributed by atoms with E-state index in [1.807, 2.05) is 20.9 Å². The summed E-state index contributed by atoms with van der Waals surface area (Å²) in [6.07, 6.45) is 1.00. The summed E-state index contributed by atoms with van der Waals surface area (Å²) in [6, 6.07) is -0.0535. The zero-order valence-electron chi connectivity index (χ0n) is 10.8. The molecule has 2 heterocycles. The van der Waals surface area contributed by atoms with E-state index in [4.69, 9.17) is 15.2 Å². The molecule has 0 aromatic carbocycles. The van der Waals surface area contributed by atoms with Gasteiger partial charge >= 0.3 is 0 Å². The van der Waals surface area contributed by atoms with E-state index in [2.05, 4.69) is 0 Å². The van der Waals surface area contributed by atoms with E-state index in [0.29, 0.717) is 13.2 Å². The first kappa shape index (κ1) is 12.8. The third-order valence-corrected chi connectivity index (χ3v) is 4.16. The van der Waals surface area contributed by atoms with Crippen molar-refractivity contribution >= 4 is 5.91 Å². The van der Waals surface area contributed by atoms with Gasteiger partial charge in [0.1, 0.15) is 0 Å². The number of hydrogen-bond donors (Lipinski definition) is 1. The lowest BCUT2D eigenvalue weighted by atomic mass is 9.83. The Bertz CT molecular complexity index is 310. The van der Waals surface area contributed by atoms with Crippen molar-refractivity contribution in [2.75, 3.05) is 26.9 Å². The summed E-state index contributed by atoms with van der Waals surface area (Å²) in [6.45, 7) is 5.51. The van der Waals surface area contributed by atoms with Crippen LogP contribution in [0.2, 0.25) is 0 Å². The van der Waals surface area contributed by atoms with Crippen molar-refractivity contribution in [1.29, 1.82) is 0 Å².